The van der Waals surface area contributed by atoms with Crippen molar-refractivity contribution in [1.29, 1.82) is 0 Å². The van der Waals surface area contributed by atoms with Crippen molar-refractivity contribution >= 4 is 5.97 Å². The zero-order valence-electron chi connectivity index (χ0n) is 9.24. The molecule has 0 radical (unpaired) electrons. The Balaban J connectivity index is 2.12. The Kier molecular flexibility index (Phi) is 5.40. The fraction of sp³-hybridized carbons (Fsp3) is 0.750. The minimum absolute atomic E-state index is 0.354. The summed E-state index contributed by atoms with van der Waals surface area (Å²) in [6.45, 7) is 5.58. The standard InChI is InChI=1S/C12H21NO2/c1-2-7-13-9-11-5-3-10(4-6-11)8-12(14)15/h2,10-11,13H,1,3-9H2,(H,14,15)/t10-,11-. The summed E-state index contributed by atoms with van der Waals surface area (Å²) in [5, 5.41) is 12.0. The highest BCUT2D eigenvalue weighted by Gasteiger charge is 2.22. The fourth-order valence-corrected chi connectivity index (χ4v) is 2.28. The Morgan fingerprint density at radius 2 is 1.93 bits per heavy atom. The van der Waals surface area contributed by atoms with Crippen LogP contribution in [0.15, 0.2) is 12.7 Å². The van der Waals surface area contributed by atoms with Crippen molar-refractivity contribution in [3.63, 3.8) is 0 Å². The number of hydrogen-bond donors (Lipinski definition) is 2. The van der Waals surface area contributed by atoms with Crippen molar-refractivity contribution in [2.75, 3.05) is 13.1 Å². The van der Waals surface area contributed by atoms with E-state index in [1.807, 2.05) is 6.08 Å². The van der Waals surface area contributed by atoms with Gasteiger partial charge in [-0.25, -0.2) is 0 Å². The van der Waals surface area contributed by atoms with Gasteiger partial charge in [0.1, 0.15) is 0 Å². The molecule has 3 heteroatoms. The molecule has 86 valence electrons. The van der Waals surface area contributed by atoms with E-state index in [1.54, 1.807) is 0 Å². The lowest BCUT2D eigenvalue weighted by atomic mass is 9.80. The third-order valence-electron chi connectivity index (χ3n) is 3.15. The van der Waals surface area contributed by atoms with E-state index in [2.05, 4.69) is 11.9 Å². The van der Waals surface area contributed by atoms with Crippen LogP contribution in [0.4, 0.5) is 0 Å². The first-order chi connectivity index (χ1) is 7.22. The van der Waals surface area contributed by atoms with Gasteiger partial charge in [0, 0.05) is 13.0 Å². The number of aliphatic carboxylic acids is 1. The maximum Gasteiger partial charge on any atom is 0.303 e. The normalized spacial score (nSPS) is 26.1. The zero-order valence-corrected chi connectivity index (χ0v) is 9.24. The maximum atomic E-state index is 10.5. The molecule has 1 saturated carbocycles. The lowest BCUT2D eigenvalue weighted by Crippen LogP contribution is -2.27. The molecule has 3 nitrogen and oxygen atoms in total. The van der Waals surface area contributed by atoms with Crippen LogP contribution in [0.3, 0.4) is 0 Å². The first-order valence-electron chi connectivity index (χ1n) is 5.75. The number of carbonyl (C=O) groups is 1. The molecule has 0 bridgehead atoms. The average Bonchev–Trinajstić information content (AvgIpc) is 2.20. The zero-order chi connectivity index (χ0) is 11.1. The van der Waals surface area contributed by atoms with Crippen LogP contribution in [0.2, 0.25) is 0 Å². The van der Waals surface area contributed by atoms with Gasteiger partial charge in [-0.15, -0.1) is 6.58 Å². The monoisotopic (exact) mass is 211 g/mol. The van der Waals surface area contributed by atoms with Gasteiger partial charge in [0.25, 0.3) is 0 Å². The minimum atomic E-state index is -0.650. The molecule has 1 rings (SSSR count). The van der Waals surface area contributed by atoms with Crippen molar-refractivity contribution < 1.29 is 9.90 Å². The van der Waals surface area contributed by atoms with E-state index in [1.165, 1.54) is 12.8 Å². The molecule has 0 spiro atoms. The summed E-state index contributed by atoms with van der Waals surface area (Å²) in [4.78, 5) is 10.5. The molecule has 0 aromatic rings. The highest BCUT2D eigenvalue weighted by atomic mass is 16.4. The van der Waals surface area contributed by atoms with E-state index < -0.39 is 5.97 Å². The molecule has 15 heavy (non-hydrogen) atoms. The van der Waals surface area contributed by atoms with E-state index in [0.29, 0.717) is 12.3 Å². The average molecular weight is 211 g/mol. The van der Waals surface area contributed by atoms with Crippen molar-refractivity contribution in [3.05, 3.63) is 12.7 Å². The second-order valence-electron chi connectivity index (χ2n) is 4.43. The summed E-state index contributed by atoms with van der Waals surface area (Å²) in [5.74, 6) is 0.497. The maximum absolute atomic E-state index is 10.5. The molecule has 0 amide bonds. The molecule has 0 atom stereocenters. The van der Waals surface area contributed by atoms with Gasteiger partial charge in [-0.2, -0.15) is 0 Å². The summed E-state index contributed by atoms with van der Waals surface area (Å²) >= 11 is 0. The summed E-state index contributed by atoms with van der Waals surface area (Å²) in [6.07, 6.45) is 6.71. The molecule has 0 heterocycles. The quantitative estimate of drug-likeness (QED) is 0.522. The van der Waals surface area contributed by atoms with Gasteiger partial charge in [0.15, 0.2) is 0 Å². The van der Waals surface area contributed by atoms with E-state index in [0.717, 1.165) is 31.8 Å². The Labute approximate surface area is 91.6 Å². The van der Waals surface area contributed by atoms with Gasteiger partial charge in [-0.1, -0.05) is 6.08 Å². The molecular formula is C12H21NO2. The molecule has 0 unspecified atom stereocenters. The van der Waals surface area contributed by atoms with Crippen molar-refractivity contribution in [2.24, 2.45) is 11.8 Å². The third-order valence-corrected chi connectivity index (χ3v) is 3.15. The van der Waals surface area contributed by atoms with E-state index in [9.17, 15) is 4.79 Å². The number of carboxylic acid groups (broad SMARTS) is 1. The molecular weight excluding hydrogens is 190 g/mol. The SMILES string of the molecule is C=CCNC[C@H]1CC[C@H](CC(=O)O)CC1. The molecule has 0 aromatic heterocycles. The Hall–Kier alpha value is -0.830. The number of rotatable bonds is 6. The lowest BCUT2D eigenvalue weighted by Gasteiger charge is -2.27. The smallest absolute Gasteiger partial charge is 0.303 e. The van der Waals surface area contributed by atoms with Crippen LogP contribution in [0.5, 0.6) is 0 Å². The molecule has 1 fully saturated rings. The molecule has 1 aliphatic carbocycles. The van der Waals surface area contributed by atoms with Crippen LogP contribution < -0.4 is 5.32 Å². The predicted octanol–water partition coefficient (Wildman–Crippen LogP) is 2.04. The fourth-order valence-electron chi connectivity index (χ4n) is 2.28. The second kappa shape index (κ2) is 6.62. The summed E-state index contributed by atoms with van der Waals surface area (Å²) in [7, 11) is 0. The van der Waals surface area contributed by atoms with E-state index in [-0.39, 0.29) is 0 Å². The van der Waals surface area contributed by atoms with E-state index in [4.69, 9.17) is 5.11 Å². The Bertz CT molecular complexity index is 208. The van der Waals surface area contributed by atoms with Gasteiger partial charge < -0.3 is 10.4 Å². The minimum Gasteiger partial charge on any atom is -0.481 e. The highest BCUT2D eigenvalue weighted by Crippen LogP contribution is 2.30. The number of hydrogen-bond acceptors (Lipinski definition) is 2. The van der Waals surface area contributed by atoms with Crippen LogP contribution in [0.1, 0.15) is 32.1 Å². The van der Waals surface area contributed by atoms with Crippen LogP contribution in [-0.2, 0) is 4.79 Å². The summed E-state index contributed by atoms with van der Waals surface area (Å²) in [6, 6.07) is 0. The molecule has 0 aliphatic heterocycles. The second-order valence-corrected chi connectivity index (χ2v) is 4.43. The molecule has 0 saturated heterocycles. The van der Waals surface area contributed by atoms with Crippen LogP contribution >= 0.6 is 0 Å². The van der Waals surface area contributed by atoms with Crippen molar-refractivity contribution in [3.8, 4) is 0 Å². The summed E-state index contributed by atoms with van der Waals surface area (Å²) < 4.78 is 0. The van der Waals surface area contributed by atoms with Gasteiger partial charge in [-0.3, -0.25) is 4.79 Å². The topological polar surface area (TPSA) is 49.3 Å². The van der Waals surface area contributed by atoms with Gasteiger partial charge in [-0.05, 0) is 44.1 Å². The molecule has 2 N–H and O–H groups in total. The van der Waals surface area contributed by atoms with Crippen LogP contribution in [0.25, 0.3) is 0 Å². The highest BCUT2D eigenvalue weighted by molar-refractivity contribution is 5.67. The molecule has 1 aliphatic rings. The van der Waals surface area contributed by atoms with Crippen molar-refractivity contribution in [1.82, 2.24) is 5.32 Å². The van der Waals surface area contributed by atoms with Gasteiger partial charge >= 0.3 is 5.97 Å². The summed E-state index contributed by atoms with van der Waals surface area (Å²) in [5.41, 5.74) is 0. The Morgan fingerprint density at radius 1 is 1.33 bits per heavy atom. The lowest BCUT2D eigenvalue weighted by molar-refractivity contribution is -0.138. The van der Waals surface area contributed by atoms with Crippen molar-refractivity contribution in [2.45, 2.75) is 32.1 Å². The van der Waals surface area contributed by atoms with Gasteiger partial charge in [0.05, 0.1) is 0 Å². The van der Waals surface area contributed by atoms with Crippen LogP contribution in [-0.4, -0.2) is 24.2 Å². The largest absolute Gasteiger partial charge is 0.481 e. The van der Waals surface area contributed by atoms with Crippen LogP contribution in [0, 0.1) is 11.8 Å². The third kappa shape index (κ3) is 4.98. The van der Waals surface area contributed by atoms with Gasteiger partial charge in [0.2, 0.25) is 0 Å². The predicted molar refractivity (Wildman–Crippen MR) is 60.8 cm³/mol. The van der Waals surface area contributed by atoms with E-state index >= 15 is 0 Å². The first-order valence-corrected chi connectivity index (χ1v) is 5.75. The molecule has 0 aromatic carbocycles. The number of carboxylic acids is 1. The Morgan fingerprint density at radius 3 is 2.47 bits per heavy atom. The first kappa shape index (κ1) is 12.2. The number of nitrogens with one attached hydrogen (secondary N) is 1.